The molecule has 2 aromatic rings. The summed E-state index contributed by atoms with van der Waals surface area (Å²) in [5, 5.41) is 17.5. The summed E-state index contributed by atoms with van der Waals surface area (Å²) in [5.74, 6) is 3.51. The van der Waals surface area contributed by atoms with Crippen molar-refractivity contribution in [2.24, 2.45) is 18.0 Å². The molecule has 2 aromatic heterocycles. The molecule has 0 bridgehead atoms. The maximum Gasteiger partial charge on any atom is 0.192 e. The second-order valence-corrected chi connectivity index (χ2v) is 7.95. The van der Waals surface area contributed by atoms with Crippen molar-refractivity contribution in [3.63, 3.8) is 0 Å². The molecule has 3 rings (SSSR count). The fourth-order valence-corrected chi connectivity index (χ4v) is 3.72. The van der Waals surface area contributed by atoms with Gasteiger partial charge in [0.05, 0.1) is 6.54 Å². The van der Waals surface area contributed by atoms with Crippen molar-refractivity contribution in [2.75, 3.05) is 0 Å². The van der Waals surface area contributed by atoms with E-state index in [1.165, 1.54) is 30.6 Å². The van der Waals surface area contributed by atoms with Gasteiger partial charge in [-0.1, -0.05) is 13.0 Å². The molecule has 0 atom stereocenters. The molecule has 0 aliphatic heterocycles. The van der Waals surface area contributed by atoms with E-state index in [1.807, 2.05) is 18.5 Å². The predicted molar refractivity (Wildman–Crippen MR) is 118 cm³/mol. The number of hydrogen-bond donors (Lipinski definition) is 2. The van der Waals surface area contributed by atoms with Gasteiger partial charge in [0.15, 0.2) is 11.8 Å². The number of guanidine groups is 1. The van der Waals surface area contributed by atoms with Crippen LogP contribution in [0.2, 0.25) is 0 Å². The van der Waals surface area contributed by atoms with Crippen molar-refractivity contribution in [1.29, 1.82) is 0 Å². The molecule has 144 valence electrons. The molecule has 0 radical (unpaired) electrons. The normalized spacial score (nSPS) is 20.5. The van der Waals surface area contributed by atoms with Gasteiger partial charge in [0.1, 0.15) is 12.4 Å². The van der Waals surface area contributed by atoms with E-state index in [0.717, 1.165) is 30.1 Å². The maximum absolute atomic E-state index is 4.76. The van der Waals surface area contributed by atoms with Crippen LogP contribution >= 0.6 is 35.3 Å². The Morgan fingerprint density at radius 3 is 2.69 bits per heavy atom. The van der Waals surface area contributed by atoms with Crippen LogP contribution in [-0.2, 0) is 20.1 Å². The van der Waals surface area contributed by atoms with Gasteiger partial charge in [0, 0.05) is 18.0 Å². The lowest BCUT2D eigenvalue weighted by Crippen LogP contribution is -2.44. The lowest BCUT2D eigenvalue weighted by atomic mass is 9.87. The number of aryl methyl sites for hydroxylation is 1. The molecule has 0 spiro atoms. The van der Waals surface area contributed by atoms with Crippen LogP contribution in [0, 0.1) is 12.8 Å². The Kier molecular flexibility index (Phi) is 8.33. The molecule has 1 aliphatic carbocycles. The summed E-state index contributed by atoms with van der Waals surface area (Å²) in [6.45, 7) is 5.62. The Balaban J connectivity index is 0.00000243. The van der Waals surface area contributed by atoms with E-state index in [0.29, 0.717) is 12.6 Å². The zero-order valence-electron chi connectivity index (χ0n) is 15.7. The van der Waals surface area contributed by atoms with Crippen LogP contribution in [0.4, 0.5) is 0 Å². The molecule has 2 N–H and O–H groups in total. The third kappa shape index (κ3) is 5.94. The molecule has 1 fully saturated rings. The van der Waals surface area contributed by atoms with Gasteiger partial charge in [0.25, 0.3) is 0 Å². The summed E-state index contributed by atoms with van der Waals surface area (Å²) >= 11 is 1.76. The predicted octanol–water partition coefficient (Wildman–Crippen LogP) is 3.62. The summed E-state index contributed by atoms with van der Waals surface area (Å²) < 4.78 is 1.99. The standard InChI is InChI=1S/C18H28N6S.HI/c1-13-6-8-15(9-7-13)21-18(19-11-16-5-4-10-25-16)20-12-17-23-22-14(2)24(17)3;/h4-5,10,13,15H,6-9,11-12H2,1-3H3,(H2,19,20,21);1H. The minimum atomic E-state index is 0. The van der Waals surface area contributed by atoms with Gasteiger partial charge in [-0.05, 0) is 50.0 Å². The van der Waals surface area contributed by atoms with E-state index in [4.69, 9.17) is 4.99 Å². The molecule has 1 saturated carbocycles. The van der Waals surface area contributed by atoms with Gasteiger partial charge < -0.3 is 15.2 Å². The average Bonchev–Trinajstić information content (AvgIpc) is 3.24. The van der Waals surface area contributed by atoms with Gasteiger partial charge in [-0.25, -0.2) is 4.99 Å². The van der Waals surface area contributed by atoms with Crippen LogP contribution in [0.15, 0.2) is 22.5 Å². The number of nitrogens with zero attached hydrogens (tertiary/aromatic N) is 4. The van der Waals surface area contributed by atoms with Gasteiger partial charge in [-0.3, -0.25) is 0 Å². The number of thiophene rings is 1. The molecule has 6 nitrogen and oxygen atoms in total. The van der Waals surface area contributed by atoms with Crippen LogP contribution in [0.3, 0.4) is 0 Å². The summed E-state index contributed by atoms with van der Waals surface area (Å²) in [4.78, 5) is 6.06. The Bertz CT molecular complexity index is 689. The first-order chi connectivity index (χ1) is 12.1. The second-order valence-electron chi connectivity index (χ2n) is 6.92. The Hall–Kier alpha value is -1.16. The quantitative estimate of drug-likeness (QED) is 0.384. The molecule has 0 saturated heterocycles. The van der Waals surface area contributed by atoms with Crippen molar-refractivity contribution in [1.82, 2.24) is 25.4 Å². The van der Waals surface area contributed by atoms with Crippen molar-refractivity contribution in [3.05, 3.63) is 34.0 Å². The minimum Gasteiger partial charge on any atom is -0.354 e. The van der Waals surface area contributed by atoms with Gasteiger partial charge in [-0.2, -0.15) is 0 Å². The lowest BCUT2D eigenvalue weighted by Gasteiger charge is -2.28. The van der Waals surface area contributed by atoms with Gasteiger partial charge >= 0.3 is 0 Å². The summed E-state index contributed by atoms with van der Waals surface area (Å²) in [5.41, 5.74) is 0. The molecule has 0 amide bonds. The van der Waals surface area contributed by atoms with E-state index in [-0.39, 0.29) is 24.0 Å². The summed E-state index contributed by atoms with van der Waals surface area (Å²) in [6.07, 6.45) is 5.00. The van der Waals surface area contributed by atoms with Crippen LogP contribution in [0.5, 0.6) is 0 Å². The first-order valence-electron chi connectivity index (χ1n) is 9.04. The SMILES string of the molecule is Cc1nnc(CN=C(NCc2cccs2)NC2CCC(C)CC2)n1C.I. The van der Waals surface area contributed by atoms with Crippen LogP contribution < -0.4 is 10.6 Å². The summed E-state index contributed by atoms with van der Waals surface area (Å²) in [6, 6.07) is 4.73. The first kappa shape index (κ1) is 21.1. The van der Waals surface area contributed by atoms with E-state index in [1.54, 1.807) is 11.3 Å². The van der Waals surface area contributed by atoms with Crippen molar-refractivity contribution < 1.29 is 0 Å². The fourth-order valence-electron chi connectivity index (χ4n) is 3.07. The minimum absolute atomic E-state index is 0. The molecular weight excluding hydrogens is 459 g/mol. The molecule has 1 aliphatic rings. The monoisotopic (exact) mass is 488 g/mol. The van der Waals surface area contributed by atoms with Crippen LogP contribution in [0.25, 0.3) is 0 Å². The van der Waals surface area contributed by atoms with E-state index in [2.05, 4.69) is 45.3 Å². The highest BCUT2D eigenvalue weighted by atomic mass is 127. The number of nitrogens with one attached hydrogen (secondary N) is 2. The van der Waals surface area contributed by atoms with E-state index >= 15 is 0 Å². The number of aromatic nitrogens is 3. The molecule has 0 unspecified atom stereocenters. The van der Waals surface area contributed by atoms with E-state index in [9.17, 15) is 0 Å². The second kappa shape index (κ2) is 10.2. The largest absolute Gasteiger partial charge is 0.354 e. The number of halogens is 1. The Morgan fingerprint density at radius 1 is 1.31 bits per heavy atom. The highest BCUT2D eigenvalue weighted by Crippen LogP contribution is 2.23. The number of aliphatic imine (C=N–C) groups is 1. The zero-order chi connectivity index (χ0) is 17.6. The van der Waals surface area contributed by atoms with Crippen molar-refractivity contribution in [3.8, 4) is 0 Å². The first-order valence-corrected chi connectivity index (χ1v) is 9.92. The molecular formula is C18H29IN6S. The van der Waals surface area contributed by atoms with Gasteiger partial charge in [-0.15, -0.1) is 45.5 Å². The van der Waals surface area contributed by atoms with Crippen molar-refractivity contribution >= 4 is 41.3 Å². The smallest absolute Gasteiger partial charge is 0.192 e. The highest BCUT2D eigenvalue weighted by molar-refractivity contribution is 14.0. The Morgan fingerprint density at radius 2 is 2.08 bits per heavy atom. The van der Waals surface area contributed by atoms with Crippen molar-refractivity contribution in [2.45, 2.75) is 58.7 Å². The van der Waals surface area contributed by atoms with E-state index < -0.39 is 0 Å². The lowest BCUT2D eigenvalue weighted by molar-refractivity contribution is 0.329. The molecule has 2 heterocycles. The van der Waals surface area contributed by atoms with Crippen LogP contribution in [0.1, 0.15) is 49.1 Å². The third-order valence-electron chi connectivity index (χ3n) is 4.93. The topological polar surface area (TPSA) is 67.1 Å². The highest BCUT2D eigenvalue weighted by Gasteiger charge is 2.19. The average molecular weight is 488 g/mol. The molecule has 8 heteroatoms. The molecule has 0 aromatic carbocycles. The summed E-state index contributed by atoms with van der Waals surface area (Å²) in [7, 11) is 1.98. The fraction of sp³-hybridized carbons (Fsp3) is 0.611. The van der Waals surface area contributed by atoms with Crippen LogP contribution in [-0.4, -0.2) is 26.8 Å². The van der Waals surface area contributed by atoms with Gasteiger partial charge in [0.2, 0.25) is 0 Å². The molecule has 26 heavy (non-hydrogen) atoms. The zero-order valence-corrected chi connectivity index (χ0v) is 18.9. The Labute approximate surface area is 176 Å². The maximum atomic E-state index is 4.76. The number of rotatable bonds is 5. The third-order valence-corrected chi connectivity index (χ3v) is 5.80. The number of hydrogen-bond acceptors (Lipinski definition) is 4.